The Kier molecular flexibility index (Phi) is 2.14. The number of carbonyl (C=O) groups excluding carboxylic acids is 1. The fraction of sp³-hybridized carbons (Fsp3) is 0.0909. The SMILES string of the molecule is Cc1ccc(-c2cn[nH]c2)c(C=O)c1. The maximum absolute atomic E-state index is 10.8. The number of aromatic nitrogens is 2. The fourth-order valence-corrected chi connectivity index (χ4v) is 1.44. The van der Waals surface area contributed by atoms with Crippen LogP contribution in [0.1, 0.15) is 15.9 Å². The second-order valence-electron chi connectivity index (χ2n) is 3.20. The van der Waals surface area contributed by atoms with Crippen LogP contribution < -0.4 is 0 Å². The molecule has 0 aliphatic carbocycles. The molecule has 0 fully saturated rings. The standard InChI is InChI=1S/C11H10N2O/c1-8-2-3-11(9(4-8)7-14)10-5-12-13-6-10/h2-7H,1H3,(H,12,13). The molecule has 3 heteroatoms. The van der Waals surface area contributed by atoms with Gasteiger partial charge in [0.1, 0.15) is 0 Å². The van der Waals surface area contributed by atoms with E-state index in [0.717, 1.165) is 23.0 Å². The third-order valence-corrected chi connectivity index (χ3v) is 2.14. The minimum absolute atomic E-state index is 0.700. The normalized spacial score (nSPS) is 10.1. The van der Waals surface area contributed by atoms with E-state index in [9.17, 15) is 4.79 Å². The van der Waals surface area contributed by atoms with Crippen molar-refractivity contribution < 1.29 is 4.79 Å². The summed E-state index contributed by atoms with van der Waals surface area (Å²) >= 11 is 0. The van der Waals surface area contributed by atoms with E-state index in [-0.39, 0.29) is 0 Å². The van der Waals surface area contributed by atoms with Crippen molar-refractivity contribution in [2.24, 2.45) is 0 Å². The molecule has 2 rings (SSSR count). The summed E-state index contributed by atoms with van der Waals surface area (Å²) in [5, 5.41) is 6.58. The van der Waals surface area contributed by atoms with E-state index in [1.807, 2.05) is 25.1 Å². The van der Waals surface area contributed by atoms with E-state index in [1.165, 1.54) is 0 Å². The molecule has 1 heterocycles. The minimum atomic E-state index is 0.700. The van der Waals surface area contributed by atoms with Gasteiger partial charge in [0.15, 0.2) is 6.29 Å². The highest BCUT2D eigenvalue weighted by atomic mass is 16.1. The zero-order valence-electron chi connectivity index (χ0n) is 7.82. The predicted molar refractivity (Wildman–Crippen MR) is 54.1 cm³/mol. The molecule has 0 aliphatic rings. The molecule has 0 atom stereocenters. The van der Waals surface area contributed by atoms with Gasteiger partial charge in [-0.2, -0.15) is 5.10 Å². The number of carbonyl (C=O) groups is 1. The molecule has 1 aromatic carbocycles. The highest BCUT2D eigenvalue weighted by Crippen LogP contribution is 2.22. The first-order valence-corrected chi connectivity index (χ1v) is 4.36. The molecular weight excluding hydrogens is 176 g/mol. The molecule has 1 N–H and O–H groups in total. The molecule has 1 aromatic heterocycles. The van der Waals surface area contributed by atoms with E-state index in [0.29, 0.717) is 5.56 Å². The van der Waals surface area contributed by atoms with Crippen LogP contribution in [0.25, 0.3) is 11.1 Å². The van der Waals surface area contributed by atoms with Gasteiger partial charge in [-0.25, -0.2) is 0 Å². The zero-order valence-corrected chi connectivity index (χ0v) is 7.82. The van der Waals surface area contributed by atoms with Crippen molar-refractivity contribution in [1.82, 2.24) is 10.2 Å². The summed E-state index contributed by atoms with van der Waals surface area (Å²) in [6, 6.07) is 5.79. The van der Waals surface area contributed by atoms with Crippen LogP contribution in [0.15, 0.2) is 30.6 Å². The lowest BCUT2D eigenvalue weighted by molar-refractivity contribution is 0.112. The molecule has 0 saturated carbocycles. The number of aldehydes is 1. The summed E-state index contributed by atoms with van der Waals surface area (Å²) in [5.41, 5.74) is 3.64. The van der Waals surface area contributed by atoms with Gasteiger partial charge in [-0.05, 0) is 18.6 Å². The molecule has 0 radical (unpaired) electrons. The molecule has 2 aromatic rings. The Morgan fingerprint density at radius 1 is 1.43 bits per heavy atom. The number of hydrogen-bond donors (Lipinski definition) is 1. The van der Waals surface area contributed by atoms with Crippen LogP contribution in [0.3, 0.4) is 0 Å². The first kappa shape index (κ1) is 8.69. The van der Waals surface area contributed by atoms with Crippen molar-refractivity contribution in [3.05, 3.63) is 41.7 Å². The third kappa shape index (κ3) is 1.44. The van der Waals surface area contributed by atoms with E-state index < -0.39 is 0 Å². The topological polar surface area (TPSA) is 45.8 Å². The molecule has 0 unspecified atom stereocenters. The van der Waals surface area contributed by atoms with Crippen molar-refractivity contribution in [3.63, 3.8) is 0 Å². The van der Waals surface area contributed by atoms with E-state index in [2.05, 4.69) is 10.2 Å². The summed E-state index contributed by atoms with van der Waals surface area (Å²) in [5.74, 6) is 0. The third-order valence-electron chi connectivity index (χ3n) is 2.14. The van der Waals surface area contributed by atoms with Crippen molar-refractivity contribution in [2.75, 3.05) is 0 Å². The average Bonchev–Trinajstić information content (AvgIpc) is 2.70. The van der Waals surface area contributed by atoms with Gasteiger partial charge in [0.25, 0.3) is 0 Å². The predicted octanol–water partition coefficient (Wildman–Crippen LogP) is 2.20. The number of aromatic amines is 1. The molecule has 0 spiro atoms. The van der Waals surface area contributed by atoms with Crippen molar-refractivity contribution in [1.29, 1.82) is 0 Å². The quantitative estimate of drug-likeness (QED) is 0.731. The number of nitrogens with zero attached hydrogens (tertiary/aromatic N) is 1. The Labute approximate surface area is 81.8 Å². The summed E-state index contributed by atoms with van der Waals surface area (Å²) in [6.07, 6.45) is 4.35. The zero-order chi connectivity index (χ0) is 9.97. The Hall–Kier alpha value is -1.90. The monoisotopic (exact) mass is 186 g/mol. The second kappa shape index (κ2) is 3.46. The molecule has 70 valence electrons. The Morgan fingerprint density at radius 2 is 2.29 bits per heavy atom. The number of hydrogen-bond acceptors (Lipinski definition) is 2. The number of benzene rings is 1. The Morgan fingerprint density at radius 3 is 2.93 bits per heavy atom. The molecular formula is C11H10N2O. The fourth-order valence-electron chi connectivity index (χ4n) is 1.44. The van der Waals surface area contributed by atoms with Crippen LogP contribution in [0, 0.1) is 6.92 Å². The summed E-state index contributed by atoms with van der Waals surface area (Å²) in [4.78, 5) is 10.8. The maximum atomic E-state index is 10.8. The Bertz CT molecular complexity index is 446. The molecule has 14 heavy (non-hydrogen) atoms. The molecule has 0 bridgehead atoms. The Balaban J connectivity index is 2.58. The van der Waals surface area contributed by atoms with Gasteiger partial charge in [0.2, 0.25) is 0 Å². The lowest BCUT2D eigenvalue weighted by Crippen LogP contribution is -1.87. The smallest absolute Gasteiger partial charge is 0.150 e. The highest BCUT2D eigenvalue weighted by molar-refractivity contribution is 5.87. The number of H-pyrrole nitrogens is 1. The highest BCUT2D eigenvalue weighted by Gasteiger charge is 2.04. The van der Waals surface area contributed by atoms with Gasteiger partial charge in [-0.3, -0.25) is 9.89 Å². The molecule has 3 nitrogen and oxygen atoms in total. The molecule has 0 aliphatic heterocycles. The average molecular weight is 186 g/mol. The molecule has 0 amide bonds. The van der Waals surface area contributed by atoms with Gasteiger partial charge in [-0.1, -0.05) is 17.7 Å². The number of aryl methyl sites for hydroxylation is 1. The summed E-state index contributed by atoms with van der Waals surface area (Å²) < 4.78 is 0. The van der Waals surface area contributed by atoms with Gasteiger partial charge < -0.3 is 0 Å². The van der Waals surface area contributed by atoms with Crippen molar-refractivity contribution in [3.8, 4) is 11.1 Å². The van der Waals surface area contributed by atoms with Crippen LogP contribution in [0.2, 0.25) is 0 Å². The van der Waals surface area contributed by atoms with Crippen LogP contribution in [0.4, 0.5) is 0 Å². The van der Waals surface area contributed by atoms with Crippen molar-refractivity contribution in [2.45, 2.75) is 6.92 Å². The maximum Gasteiger partial charge on any atom is 0.150 e. The van der Waals surface area contributed by atoms with Gasteiger partial charge in [0, 0.05) is 17.3 Å². The lowest BCUT2D eigenvalue weighted by Gasteiger charge is -2.02. The van der Waals surface area contributed by atoms with Gasteiger partial charge >= 0.3 is 0 Å². The first-order chi connectivity index (χ1) is 6.81. The number of rotatable bonds is 2. The minimum Gasteiger partial charge on any atom is -0.298 e. The lowest BCUT2D eigenvalue weighted by atomic mass is 10.0. The van der Waals surface area contributed by atoms with Crippen molar-refractivity contribution >= 4 is 6.29 Å². The van der Waals surface area contributed by atoms with Gasteiger partial charge in [-0.15, -0.1) is 0 Å². The van der Waals surface area contributed by atoms with E-state index in [4.69, 9.17) is 0 Å². The first-order valence-electron chi connectivity index (χ1n) is 4.36. The summed E-state index contributed by atoms with van der Waals surface area (Å²) in [7, 11) is 0. The van der Waals surface area contributed by atoms with E-state index >= 15 is 0 Å². The van der Waals surface area contributed by atoms with Gasteiger partial charge in [0.05, 0.1) is 6.20 Å². The summed E-state index contributed by atoms with van der Waals surface area (Å²) in [6.45, 7) is 1.96. The molecule has 0 saturated heterocycles. The second-order valence-corrected chi connectivity index (χ2v) is 3.20. The van der Waals surface area contributed by atoms with Crippen LogP contribution in [0.5, 0.6) is 0 Å². The van der Waals surface area contributed by atoms with Crippen LogP contribution in [-0.4, -0.2) is 16.5 Å². The largest absolute Gasteiger partial charge is 0.298 e. The van der Waals surface area contributed by atoms with Crippen LogP contribution >= 0.6 is 0 Å². The number of nitrogens with one attached hydrogen (secondary N) is 1. The van der Waals surface area contributed by atoms with E-state index in [1.54, 1.807) is 12.4 Å². The van der Waals surface area contributed by atoms with Crippen LogP contribution in [-0.2, 0) is 0 Å².